The molecule has 1 aliphatic carbocycles. The van der Waals surface area contributed by atoms with Crippen LogP contribution in [0.4, 0.5) is 5.69 Å². The number of nitrogens with one attached hydrogen (secondary N) is 1. The molecule has 34 heavy (non-hydrogen) atoms. The third-order valence-corrected chi connectivity index (χ3v) is 7.49. The molecule has 1 aliphatic heterocycles. The summed E-state index contributed by atoms with van der Waals surface area (Å²) in [6, 6.07) is 14.4. The Kier molecular flexibility index (Phi) is 6.15. The van der Waals surface area contributed by atoms with Crippen LogP contribution in [0.5, 0.6) is 0 Å². The van der Waals surface area contributed by atoms with Crippen molar-refractivity contribution in [3.05, 3.63) is 64.9 Å². The maximum Gasteiger partial charge on any atom is 0.338 e. The summed E-state index contributed by atoms with van der Waals surface area (Å²) in [4.78, 5) is 31.0. The first-order chi connectivity index (χ1) is 16.5. The van der Waals surface area contributed by atoms with Crippen molar-refractivity contribution < 1.29 is 19.4 Å². The predicted octanol–water partition coefficient (Wildman–Crippen LogP) is 5.37. The van der Waals surface area contributed by atoms with Gasteiger partial charge in [-0.25, -0.2) is 9.78 Å². The van der Waals surface area contributed by atoms with Crippen molar-refractivity contribution in [2.45, 2.75) is 32.1 Å². The fraction of sp³-hybridized carbons (Fsp3) is 0.308. The van der Waals surface area contributed by atoms with E-state index in [-0.39, 0.29) is 36.4 Å². The summed E-state index contributed by atoms with van der Waals surface area (Å²) in [5.74, 6) is -0.281. The smallest absolute Gasteiger partial charge is 0.338 e. The number of hydrogen-bond donors (Lipinski definition) is 2. The highest BCUT2D eigenvalue weighted by Crippen LogP contribution is 2.35. The van der Waals surface area contributed by atoms with Crippen LogP contribution < -0.4 is 4.90 Å². The lowest BCUT2D eigenvalue weighted by atomic mass is 9.86. The Morgan fingerprint density at radius 3 is 2.56 bits per heavy atom. The third-order valence-electron chi connectivity index (χ3n) is 6.43. The fourth-order valence-corrected chi connectivity index (χ4v) is 5.58. The number of aromatic nitrogens is 1. The average Bonchev–Trinajstić information content (AvgIpc) is 3.42. The Morgan fingerprint density at radius 2 is 1.82 bits per heavy atom. The zero-order chi connectivity index (χ0) is 23.7. The number of amidine groups is 1. The number of para-hydroxylation sites is 1. The van der Waals surface area contributed by atoms with Crippen LogP contribution in [-0.2, 0) is 9.53 Å². The van der Waals surface area contributed by atoms with Gasteiger partial charge in [0.1, 0.15) is 16.6 Å². The number of carbonyl (C=O) groups is 2. The molecule has 0 unspecified atom stereocenters. The molecule has 8 heteroatoms. The zero-order valence-corrected chi connectivity index (χ0v) is 19.4. The van der Waals surface area contributed by atoms with Crippen molar-refractivity contribution in [2.24, 2.45) is 5.92 Å². The van der Waals surface area contributed by atoms with E-state index in [0.717, 1.165) is 35.9 Å². The highest BCUT2D eigenvalue weighted by atomic mass is 32.1. The molecule has 7 nitrogen and oxygen atoms in total. The normalized spacial score (nSPS) is 16.9. The number of thiazole rings is 1. The number of nitrogens with zero attached hydrogens (tertiary/aromatic N) is 2. The standard InChI is InChI=1S/C26H25N3O4S/c27-24-23(25-28-19-8-4-5-9-22(19)34-25)20(30)14-29(24)18-12-10-17(11-13-18)26(32)33-15-21(31)16-6-2-1-3-7-16/h4-5,8-13,16,27,30H,1-3,6-7,14-15H2. The largest absolute Gasteiger partial charge is 0.510 e. The first kappa shape index (κ1) is 22.3. The van der Waals surface area contributed by atoms with Gasteiger partial charge in [-0.1, -0.05) is 31.4 Å². The van der Waals surface area contributed by atoms with Crippen molar-refractivity contribution in [2.75, 3.05) is 18.1 Å². The number of aliphatic hydroxyl groups is 1. The quantitative estimate of drug-likeness (QED) is 0.465. The zero-order valence-electron chi connectivity index (χ0n) is 18.6. The van der Waals surface area contributed by atoms with E-state index in [9.17, 15) is 14.7 Å². The molecule has 2 heterocycles. The van der Waals surface area contributed by atoms with Gasteiger partial charge in [0.15, 0.2) is 12.4 Å². The SMILES string of the molecule is N=C1C(c2nc3ccccc3s2)=C(O)CN1c1ccc(C(=O)OCC(=O)C2CCCCC2)cc1. The van der Waals surface area contributed by atoms with E-state index in [1.165, 1.54) is 17.8 Å². The molecular weight excluding hydrogens is 450 g/mol. The maximum atomic E-state index is 12.4. The monoisotopic (exact) mass is 475 g/mol. The predicted molar refractivity (Wildman–Crippen MR) is 133 cm³/mol. The van der Waals surface area contributed by atoms with Crippen molar-refractivity contribution in [1.29, 1.82) is 5.41 Å². The molecule has 0 spiro atoms. The van der Waals surface area contributed by atoms with Gasteiger partial charge in [-0.15, -0.1) is 11.3 Å². The molecule has 2 aromatic carbocycles. The maximum absolute atomic E-state index is 12.4. The second kappa shape index (κ2) is 9.38. The van der Waals surface area contributed by atoms with Gasteiger partial charge in [-0.05, 0) is 49.2 Å². The molecule has 0 saturated heterocycles. The van der Waals surface area contributed by atoms with E-state index in [2.05, 4.69) is 4.98 Å². The number of rotatable bonds is 6. The second-order valence-corrected chi connectivity index (χ2v) is 9.70. The van der Waals surface area contributed by atoms with Gasteiger partial charge < -0.3 is 14.7 Å². The molecule has 1 fully saturated rings. The molecular formula is C26H25N3O4S. The Hall–Kier alpha value is -3.52. The summed E-state index contributed by atoms with van der Waals surface area (Å²) in [5, 5.41) is 19.8. The van der Waals surface area contributed by atoms with Gasteiger partial charge in [0.2, 0.25) is 0 Å². The Balaban J connectivity index is 1.24. The molecule has 2 aliphatic rings. The topological polar surface area (TPSA) is 104 Å². The molecule has 5 rings (SSSR count). The van der Waals surface area contributed by atoms with E-state index in [4.69, 9.17) is 10.1 Å². The van der Waals surface area contributed by atoms with Crippen molar-refractivity contribution in [1.82, 2.24) is 4.98 Å². The Labute approximate surface area is 201 Å². The van der Waals surface area contributed by atoms with Gasteiger partial charge in [-0.3, -0.25) is 10.2 Å². The lowest BCUT2D eigenvalue weighted by Gasteiger charge is -2.20. The second-order valence-electron chi connectivity index (χ2n) is 8.67. The summed E-state index contributed by atoms with van der Waals surface area (Å²) < 4.78 is 6.25. The molecule has 1 aromatic heterocycles. The number of aliphatic hydroxyl groups excluding tert-OH is 1. The molecule has 174 valence electrons. The number of anilines is 1. The molecule has 2 N–H and O–H groups in total. The van der Waals surface area contributed by atoms with Crippen LogP contribution in [0.25, 0.3) is 15.8 Å². The molecule has 0 bridgehead atoms. The van der Waals surface area contributed by atoms with Crippen molar-refractivity contribution in [3.8, 4) is 0 Å². The van der Waals surface area contributed by atoms with Crippen LogP contribution in [0.1, 0.15) is 47.5 Å². The number of ether oxygens (including phenoxy) is 1. The first-order valence-electron chi connectivity index (χ1n) is 11.5. The number of carbonyl (C=O) groups excluding carboxylic acids is 2. The van der Waals surface area contributed by atoms with Crippen molar-refractivity contribution in [3.63, 3.8) is 0 Å². The molecule has 0 amide bonds. The first-order valence-corrected chi connectivity index (χ1v) is 12.3. The van der Waals surface area contributed by atoms with E-state index < -0.39 is 5.97 Å². The lowest BCUT2D eigenvalue weighted by Crippen LogP contribution is -2.26. The highest BCUT2D eigenvalue weighted by molar-refractivity contribution is 7.19. The van der Waals surface area contributed by atoms with Gasteiger partial charge in [-0.2, -0.15) is 0 Å². The summed E-state index contributed by atoms with van der Waals surface area (Å²) >= 11 is 1.44. The summed E-state index contributed by atoms with van der Waals surface area (Å²) in [5.41, 5.74) is 2.27. The van der Waals surface area contributed by atoms with Gasteiger partial charge in [0.05, 0.1) is 27.9 Å². The molecule has 3 aromatic rings. The molecule has 0 atom stereocenters. The number of ketones is 1. The van der Waals surface area contributed by atoms with Crippen LogP contribution in [0.2, 0.25) is 0 Å². The number of fused-ring (bicyclic) bond motifs is 1. The molecule has 1 saturated carbocycles. The fourth-order valence-electron chi connectivity index (χ4n) is 4.54. The van der Waals surface area contributed by atoms with E-state index >= 15 is 0 Å². The van der Waals surface area contributed by atoms with E-state index in [1.54, 1.807) is 29.2 Å². The van der Waals surface area contributed by atoms with E-state index in [1.807, 2.05) is 24.3 Å². The average molecular weight is 476 g/mol. The minimum atomic E-state index is -0.539. The number of benzene rings is 2. The number of Topliss-reactive ketones (excluding diaryl/α,β-unsaturated/α-hetero) is 1. The van der Waals surface area contributed by atoms with Crippen molar-refractivity contribution >= 4 is 50.4 Å². The lowest BCUT2D eigenvalue weighted by molar-refractivity contribution is -0.126. The van der Waals surface area contributed by atoms with Gasteiger partial charge in [0.25, 0.3) is 0 Å². The summed E-state index contributed by atoms with van der Waals surface area (Å²) in [6.45, 7) is -0.0326. The minimum absolute atomic E-state index is 0.000823. The van der Waals surface area contributed by atoms with Crippen LogP contribution in [0.15, 0.2) is 54.3 Å². The highest BCUT2D eigenvalue weighted by Gasteiger charge is 2.31. The Bertz CT molecular complexity index is 1260. The third kappa shape index (κ3) is 4.33. The van der Waals surface area contributed by atoms with Crippen LogP contribution >= 0.6 is 11.3 Å². The van der Waals surface area contributed by atoms with Gasteiger partial charge in [0, 0.05) is 11.6 Å². The summed E-state index contributed by atoms with van der Waals surface area (Å²) in [6.07, 6.45) is 5.05. The molecule has 0 radical (unpaired) electrons. The summed E-state index contributed by atoms with van der Waals surface area (Å²) in [7, 11) is 0. The van der Waals surface area contributed by atoms with E-state index in [0.29, 0.717) is 21.8 Å². The van der Waals surface area contributed by atoms with Gasteiger partial charge >= 0.3 is 5.97 Å². The van der Waals surface area contributed by atoms with Crippen LogP contribution in [0.3, 0.4) is 0 Å². The van der Waals surface area contributed by atoms with Crippen LogP contribution in [0, 0.1) is 11.3 Å². The number of esters is 1. The number of hydrogen-bond acceptors (Lipinski definition) is 7. The minimum Gasteiger partial charge on any atom is -0.510 e. The van der Waals surface area contributed by atoms with Crippen LogP contribution in [-0.4, -0.2) is 40.8 Å². The Morgan fingerprint density at radius 1 is 1.09 bits per heavy atom.